The van der Waals surface area contributed by atoms with Crippen LogP contribution in [0.3, 0.4) is 0 Å². The van der Waals surface area contributed by atoms with E-state index in [1.807, 2.05) is 49.4 Å². The second kappa shape index (κ2) is 11.6. The van der Waals surface area contributed by atoms with Gasteiger partial charge >= 0.3 is 0 Å². The van der Waals surface area contributed by atoms with Crippen molar-refractivity contribution in [3.05, 3.63) is 100.0 Å². The van der Waals surface area contributed by atoms with E-state index in [2.05, 4.69) is 34.7 Å². The summed E-state index contributed by atoms with van der Waals surface area (Å²) in [6, 6.07) is 21.4. The minimum absolute atomic E-state index is 0.00360. The largest absolute Gasteiger partial charge is 0.492 e. The number of aryl methyl sites for hydroxylation is 1. The highest BCUT2D eigenvalue weighted by Crippen LogP contribution is 2.11. The Morgan fingerprint density at radius 1 is 0.968 bits per heavy atom. The van der Waals surface area contributed by atoms with Gasteiger partial charge < -0.3 is 19.9 Å². The molecule has 3 aromatic rings. The van der Waals surface area contributed by atoms with Crippen LogP contribution in [0.2, 0.25) is 0 Å². The maximum Gasteiger partial charge on any atom is 0.250 e. The standard InChI is InChI=1S/C25H30N4O2/c1-3-26-25(27-15-17-31-23-13-7-20(2)8-14-23)28-18-21-9-11-22(12-10-21)19-29-16-5-4-6-24(29)30/h4-14,16H,3,15,17-19H2,1-2H3,(H2,26,27,28). The summed E-state index contributed by atoms with van der Waals surface area (Å²) in [7, 11) is 0. The highest BCUT2D eigenvalue weighted by atomic mass is 16.5. The van der Waals surface area contributed by atoms with E-state index >= 15 is 0 Å². The summed E-state index contributed by atoms with van der Waals surface area (Å²) in [5.41, 5.74) is 3.41. The van der Waals surface area contributed by atoms with Crippen LogP contribution in [0, 0.1) is 6.92 Å². The Hall–Kier alpha value is -3.54. The van der Waals surface area contributed by atoms with Gasteiger partial charge in [0.05, 0.1) is 19.6 Å². The summed E-state index contributed by atoms with van der Waals surface area (Å²) in [4.78, 5) is 16.5. The van der Waals surface area contributed by atoms with Crippen molar-refractivity contribution < 1.29 is 4.74 Å². The van der Waals surface area contributed by atoms with Crippen LogP contribution in [0.25, 0.3) is 0 Å². The van der Waals surface area contributed by atoms with Gasteiger partial charge in [-0.05, 0) is 43.2 Å². The van der Waals surface area contributed by atoms with Gasteiger partial charge in [-0.1, -0.05) is 48.0 Å². The van der Waals surface area contributed by atoms with Crippen LogP contribution in [-0.2, 0) is 13.1 Å². The maximum atomic E-state index is 11.9. The van der Waals surface area contributed by atoms with Gasteiger partial charge in [0, 0.05) is 18.8 Å². The number of aromatic nitrogens is 1. The molecule has 0 amide bonds. The van der Waals surface area contributed by atoms with Gasteiger partial charge in [-0.15, -0.1) is 0 Å². The lowest BCUT2D eigenvalue weighted by atomic mass is 10.1. The van der Waals surface area contributed by atoms with E-state index in [9.17, 15) is 4.79 Å². The fourth-order valence-corrected chi connectivity index (χ4v) is 3.02. The maximum absolute atomic E-state index is 11.9. The van der Waals surface area contributed by atoms with Crippen molar-refractivity contribution in [1.82, 2.24) is 15.2 Å². The molecule has 0 aliphatic rings. The van der Waals surface area contributed by atoms with Crippen molar-refractivity contribution in [2.45, 2.75) is 26.9 Å². The third-order valence-electron chi connectivity index (χ3n) is 4.72. The minimum atomic E-state index is 0.00360. The van der Waals surface area contributed by atoms with Crippen molar-refractivity contribution in [2.24, 2.45) is 4.99 Å². The molecule has 0 saturated heterocycles. The summed E-state index contributed by atoms with van der Waals surface area (Å²) in [5, 5.41) is 6.55. The molecule has 0 radical (unpaired) electrons. The molecule has 1 aromatic heterocycles. The summed E-state index contributed by atoms with van der Waals surface area (Å²) < 4.78 is 7.45. The average Bonchev–Trinajstić information content (AvgIpc) is 2.78. The molecule has 0 atom stereocenters. The fourth-order valence-electron chi connectivity index (χ4n) is 3.02. The van der Waals surface area contributed by atoms with Crippen LogP contribution in [0.15, 0.2) is 82.7 Å². The Labute approximate surface area is 183 Å². The lowest BCUT2D eigenvalue weighted by molar-refractivity contribution is 0.322. The number of hydrogen-bond donors (Lipinski definition) is 2. The molecule has 6 heteroatoms. The molecule has 0 bridgehead atoms. The SMILES string of the molecule is CCNC(=NCc1ccc(Cn2ccccc2=O)cc1)NCCOc1ccc(C)cc1. The van der Waals surface area contributed by atoms with Gasteiger partial charge in [-0.2, -0.15) is 0 Å². The molecule has 0 aliphatic carbocycles. The van der Waals surface area contributed by atoms with Crippen LogP contribution in [0.5, 0.6) is 5.75 Å². The molecular formula is C25H30N4O2. The van der Waals surface area contributed by atoms with Crippen LogP contribution in [0.1, 0.15) is 23.6 Å². The number of hydrogen-bond acceptors (Lipinski definition) is 3. The first kappa shape index (κ1) is 22.2. The average molecular weight is 419 g/mol. The van der Waals surface area contributed by atoms with Crippen LogP contribution < -0.4 is 20.9 Å². The Bertz CT molecular complexity index is 1020. The highest BCUT2D eigenvalue weighted by Gasteiger charge is 2.01. The molecule has 0 unspecified atom stereocenters. The fraction of sp³-hybridized carbons (Fsp3) is 0.280. The molecule has 6 nitrogen and oxygen atoms in total. The molecule has 162 valence electrons. The number of aliphatic imine (C=N–C) groups is 1. The Morgan fingerprint density at radius 3 is 2.42 bits per heavy atom. The topological polar surface area (TPSA) is 67.7 Å². The first-order chi connectivity index (χ1) is 15.1. The Balaban J connectivity index is 1.49. The molecule has 0 saturated carbocycles. The van der Waals surface area contributed by atoms with E-state index in [1.54, 1.807) is 22.9 Å². The Kier molecular flexibility index (Phi) is 8.29. The third kappa shape index (κ3) is 7.33. The lowest BCUT2D eigenvalue weighted by Gasteiger charge is -2.12. The minimum Gasteiger partial charge on any atom is -0.492 e. The number of rotatable bonds is 9. The van der Waals surface area contributed by atoms with E-state index in [0.29, 0.717) is 26.2 Å². The molecule has 0 fully saturated rings. The Morgan fingerprint density at radius 2 is 1.71 bits per heavy atom. The molecule has 2 N–H and O–H groups in total. The summed E-state index contributed by atoms with van der Waals surface area (Å²) in [6.07, 6.45) is 1.80. The zero-order valence-electron chi connectivity index (χ0n) is 18.2. The van der Waals surface area contributed by atoms with Crippen molar-refractivity contribution in [1.29, 1.82) is 0 Å². The molecule has 2 aromatic carbocycles. The van der Waals surface area contributed by atoms with E-state index in [-0.39, 0.29) is 5.56 Å². The number of pyridine rings is 1. The summed E-state index contributed by atoms with van der Waals surface area (Å²) >= 11 is 0. The van der Waals surface area contributed by atoms with Gasteiger partial charge in [0.15, 0.2) is 5.96 Å². The molecule has 31 heavy (non-hydrogen) atoms. The zero-order chi connectivity index (χ0) is 21.9. The smallest absolute Gasteiger partial charge is 0.250 e. The van der Waals surface area contributed by atoms with Gasteiger partial charge in [-0.25, -0.2) is 4.99 Å². The summed E-state index contributed by atoms with van der Waals surface area (Å²) in [5.74, 6) is 1.63. The predicted molar refractivity (Wildman–Crippen MR) is 126 cm³/mol. The van der Waals surface area contributed by atoms with Gasteiger partial charge in [0.2, 0.25) is 0 Å². The van der Waals surface area contributed by atoms with Crippen molar-refractivity contribution >= 4 is 5.96 Å². The first-order valence-electron chi connectivity index (χ1n) is 10.6. The van der Waals surface area contributed by atoms with E-state index in [4.69, 9.17) is 4.74 Å². The van der Waals surface area contributed by atoms with E-state index < -0.39 is 0 Å². The highest BCUT2D eigenvalue weighted by molar-refractivity contribution is 5.79. The molecule has 0 aliphatic heterocycles. The van der Waals surface area contributed by atoms with Crippen molar-refractivity contribution in [2.75, 3.05) is 19.7 Å². The number of ether oxygens (including phenoxy) is 1. The molecular weight excluding hydrogens is 388 g/mol. The summed E-state index contributed by atoms with van der Waals surface area (Å²) in [6.45, 7) is 7.23. The van der Waals surface area contributed by atoms with Gasteiger partial charge in [-0.3, -0.25) is 4.79 Å². The van der Waals surface area contributed by atoms with Crippen LogP contribution in [0.4, 0.5) is 0 Å². The first-order valence-corrected chi connectivity index (χ1v) is 10.6. The lowest BCUT2D eigenvalue weighted by Crippen LogP contribution is -2.39. The predicted octanol–water partition coefficient (Wildman–Crippen LogP) is 3.34. The second-order valence-electron chi connectivity index (χ2n) is 7.27. The monoisotopic (exact) mass is 418 g/mol. The van der Waals surface area contributed by atoms with E-state index in [0.717, 1.165) is 29.4 Å². The zero-order valence-corrected chi connectivity index (χ0v) is 18.2. The molecule has 3 rings (SSSR count). The van der Waals surface area contributed by atoms with Crippen LogP contribution in [-0.4, -0.2) is 30.2 Å². The van der Waals surface area contributed by atoms with Gasteiger partial charge in [0.1, 0.15) is 12.4 Å². The number of nitrogens with one attached hydrogen (secondary N) is 2. The second-order valence-corrected chi connectivity index (χ2v) is 7.27. The molecule has 1 heterocycles. The van der Waals surface area contributed by atoms with Crippen LogP contribution >= 0.6 is 0 Å². The van der Waals surface area contributed by atoms with Crippen molar-refractivity contribution in [3.8, 4) is 5.75 Å². The third-order valence-corrected chi connectivity index (χ3v) is 4.72. The van der Waals surface area contributed by atoms with Gasteiger partial charge in [0.25, 0.3) is 5.56 Å². The normalized spacial score (nSPS) is 11.2. The quantitative estimate of drug-likeness (QED) is 0.318. The number of guanidine groups is 1. The number of benzene rings is 2. The van der Waals surface area contributed by atoms with Crippen molar-refractivity contribution in [3.63, 3.8) is 0 Å². The van der Waals surface area contributed by atoms with E-state index in [1.165, 1.54) is 5.56 Å². The molecule has 0 spiro atoms. The number of nitrogens with zero attached hydrogens (tertiary/aromatic N) is 2.